The number of hydrogen-bond donors (Lipinski definition) is 1. The lowest BCUT2D eigenvalue weighted by molar-refractivity contribution is -0.137. The van der Waals surface area contributed by atoms with Gasteiger partial charge in [-0.15, -0.1) is 5.10 Å². The minimum Gasteiger partial charge on any atom is -0.480 e. The summed E-state index contributed by atoms with van der Waals surface area (Å²) in [4.78, 5) is 10.9. The monoisotopic (exact) mass is 321 g/mol. The molecule has 7 heteroatoms. The number of rotatable bonds is 13. The Morgan fingerprint density at radius 1 is 1.13 bits per heavy atom. The molecule has 0 saturated heterocycles. The second-order valence-corrected chi connectivity index (χ2v) is 6.65. The molecular formula is C16H30BN4O2. The third-order valence-corrected chi connectivity index (χ3v) is 4.28. The maximum atomic E-state index is 10.9. The van der Waals surface area contributed by atoms with E-state index in [1.54, 1.807) is 0 Å². The van der Waals surface area contributed by atoms with Gasteiger partial charge in [0.05, 0.1) is 0 Å². The highest BCUT2D eigenvalue weighted by molar-refractivity contribution is 6.54. The van der Waals surface area contributed by atoms with Crippen LogP contribution >= 0.6 is 0 Å². The second-order valence-electron chi connectivity index (χ2n) is 6.65. The van der Waals surface area contributed by atoms with E-state index in [4.69, 9.17) is 5.11 Å². The lowest BCUT2D eigenvalue weighted by Gasteiger charge is -2.28. The van der Waals surface area contributed by atoms with Gasteiger partial charge in [0.25, 0.3) is 0 Å². The number of carboxylic acids is 1. The molecule has 1 aromatic rings. The first-order valence-electron chi connectivity index (χ1n) is 8.84. The summed E-state index contributed by atoms with van der Waals surface area (Å²) >= 11 is 0. The van der Waals surface area contributed by atoms with Crippen LogP contribution in [0.25, 0.3) is 0 Å². The van der Waals surface area contributed by atoms with E-state index in [0.29, 0.717) is 5.72 Å². The summed E-state index contributed by atoms with van der Waals surface area (Å²) in [5.74, 6) is -0.928. The van der Waals surface area contributed by atoms with Crippen LogP contribution in [0, 0.1) is 0 Å². The van der Waals surface area contributed by atoms with Gasteiger partial charge in [0.1, 0.15) is 12.3 Å². The van der Waals surface area contributed by atoms with Gasteiger partial charge < -0.3 is 5.11 Å². The molecule has 0 fully saturated rings. The van der Waals surface area contributed by atoms with Crippen molar-refractivity contribution in [2.45, 2.75) is 90.4 Å². The van der Waals surface area contributed by atoms with Gasteiger partial charge in [-0.3, -0.25) is 4.79 Å². The fraction of sp³-hybridized carbons (Fsp3) is 0.875. The molecule has 1 radical (unpaired) electrons. The molecule has 1 atom stereocenters. The smallest absolute Gasteiger partial charge is 0.325 e. The van der Waals surface area contributed by atoms with E-state index in [1.165, 1.54) is 49.6 Å². The van der Waals surface area contributed by atoms with Crippen molar-refractivity contribution in [3.63, 3.8) is 0 Å². The maximum absolute atomic E-state index is 10.9. The molecule has 0 bridgehead atoms. The van der Waals surface area contributed by atoms with Crippen LogP contribution in [0.1, 0.15) is 78.6 Å². The van der Waals surface area contributed by atoms with E-state index < -0.39 is 5.97 Å². The summed E-state index contributed by atoms with van der Waals surface area (Å²) in [6.45, 7) is 6.47. The minimum atomic E-state index is -0.928. The van der Waals surface area contributed by atoms with E-state index in [-0.39, 0.29) is 11.9 Å². The van der Waals surface area contributed by atoms with Gasteiger partial charge in [-0.1, -0.05) is 83.9 Å². The summed E-state index contributed by atoms with van der Waals surface area (Å²) < 4.78 is 1.37. The maximum Gasteiger partial charge on any atom is 0.325 e. The highest BCUT2D eigenvalue weighted by Crippen LogP contribution is 2.37. The van der Waals surface area contributed by atoms with Crippen LogP contribution in [-0.2, 0) is 11.3 Å². The zero-order chi connectivity index (χ0) is 17.1. The molecule has 0 aliphatic heterocycles. The van der Waals surface area contributed by atoms with Crippen molar-refractivity contribution in [1.29, 1.82) is 0 Å². The van der Waals surface area contributed by atoms with Gasteiger partial charge in [0.2, 0.25) is 7.28 Å². The number of aliphatic carboxylic acids is 1. The third kappa shape index (κ3) is 7.61. The number of hydrogen-bond acceptors (Lipinski definition) is 4. The number of carboxylic acid groups (broad SMARTS) is 1. The molecule has 0 aliphatic carbocycles. The molecule has 1 rings (SSSR count). The summed E-state index contributed by atoms with van der Waals surface area (Å²) in [6, 6.07) is 0. The molecule has 0 saturated carbocycles. The van der Waals surface area contributed by atoms with Crippen molar-refractivity contribution in [2.24, 2.45) is 0 Å². The highest BCUT2D eigenvalue weighted by Gasteiger charge is 2.28. The van der Waals surface area contributed by atoms with Crippen LogP contribution in [0.15, 0.2) is 0 Å². The molecule has 0 amide bonds. The summed E-state index contributed by atoms with van der Waals surface area (Å²) in [6.07, 6.45) is 10.7. The Kier molecular flexibility index (Phi) is 8.88. The standard InChI is InChI=1S/C16H30BN4O2/c1-4-6-8-10-12-16(3,11-9-7-5-2)17-15-18-19-20-21(15)13-14(22)23/h4-13H2,1-3H3,(H,22,23). The molecule has 129 valence electrons. The van der Waals surface area contributed by atoms with E-state index in [1.807, 2.05) is 0 Å². The van der Waals surface area contributed by atoms with Crippen molar-refractivity contribution >= 4 is 19.0 Å². The van der Waals surface area contributed by atoms with Gasteiger partial charge in [-0.2, -0.15) is 0 Å². The van der Waals surface area contributed by atoms with Crippen molar-refractivity contribution < 1.29 is 9.90 Å². The molecule has 1 aromatic heterocycles. The van der Waals surface area contributed by atoms with Crippen molar-refractivity contribution in [1.82, 2.24) is 20.2 Å². The van der Waals surface area contributed by atoms with Gasteiger partial charge in [0, 0.05) is 0 Å². The van der Waals surface area contributed by atoms with Gasteiger partial charge >= 0.3 is 5.97 Å². The Balaban J connectivity index is 2.70. The Bertz CT molecular complexity index is 467. The van der Waals surface area contributed by atoms with Crippen LogP contribution in [0.3, 0.4) is 0 Å². The van der Waals surface area contributed by atoms with Crippen LogP contribution in [0.2, 0.25) is 5.31 Å². The lowest BCUT2D eigenvalue weighted by atomic mass is 9.49. The molecule has 1 unspecified atom stereocenters. The predicted octanol–water partition coefficient (Wildman–Crippen LogP) is 2.82. The molecule has 1 heterocycles. The Labute approximate surface area is 140 Å². The summed E-state index contributed by atoms with van der Waals surface area (Å²) in [7, 11) is 2.08. The van der Waals surface area contributed by atoms with Crippen LogP contribution in [0.4, 0.5) is 0 Å². The SMILES string of the molecule is CCCCCCC(C)([B]c1nnnn1CC(=O)O)CCCCC. The van der Waals surface area contributed by atoms with Gasteiger partial charge in [-0.05, 0) is 10.4 Å². The number of nitrogens with zero attached hydrogens (tertiary/aromatic N) is 4. The first kappa shape index (κ1) is 19.7. The van der Waals surface area contributed by atoms with Crippen LogP contribution in [-0.4, -0.2) is 38.6 Å². The first-order valence-corrected chi connectivity index (χ1v) is 8.84. The van der Waals surface area contributed by atoms with Crippen LogP contribution < -0.4 is 5.72 Å². The van der Waals surface area contributed by atoms with E-state index >= 15 is 0 Å². The Hall–Kier alpha value is -1.40. The van der Waals surface area contributed by atoms with Gasteiger partial charge in [0.15, 0.2) is 0 Å². The third-order valence-electron chi connectivity index (χ3n) is 4.28. The van der Waals surface area contributed by atoms with Crippen molar-refractivity contribution in [3.05, 3.63) is 0 Å². The predicted molar refractivity (Wildman–Crippen MR) is 92.1 cm³/mol. The Morgan fingerprint density at radius 2 is 1.74 bits per heavy atom. The normalized spacial score (nSPS) is 13.7. The number of tetrazole rings is 1. The van der Waals surface area contributed by atoms with Crippen molar-refractivity contribution in [3.8, 4) is 0 Å². The van der Waals surface area contributed by atoms with E-state index in [9.17, 15) is 4.79 Å². The first-order chi connectivity index (χ1) is 11.0. The van der Waals surface area contributed by atoms with E-state index in [2.05, 4.69) is 43.6 Å². The molecule has 1 N–H and O–H groups in total. The molecule has 0 aromatic carbocycles. The average molecular weight is 321 g/mol. The molecule has 6 nitrogen and oxygen atoms in total. The fourth-order valence-corrected chi connectivity index (χ4v) is 2.87. The largest absolute Gasteiger partial charge is 0.480 e. The lowest BCUT2D eigenvalue weighted by Crippen LogP contribution is -2.36. The van der Waals surface area contributed by atoms with Crippen LogP contribution in [0.5, 0.6) is 0 Å². The molecule has 23 heavy (non-hydrogen) atoms. The summed E-state index contributed by atoms with van der Waals surface area (Å²) in [5, 5.41) is 20.4. The quantitative estimate of drug-likeness (QED) is 0.446. The number of unbranched alkanes of at least 4 members (excludes halogenated alkanes) is 5. The minimum absolute atomic E-state index is 0.0217. The zero-order valence-electron chi connectivity index (χ0n) is 14.8. The Morgan fingerprint density at radius 3 is 2.35 bits per heavy atom. The van der Waals surface area contributed by atoms with Crippen molar-refractivity contribution in [2.75, 3.05) is 0 Å². The second kappa shape index (κ2) is 10.4. The average Bonchev–Trinajstić information content (AvgIpc) is 2.90. The summed E-state index contributed by atoms with van der Waals surface area (Å²) in [5.41, 5.74) is 0.571. The van der Waals surface area contributed by atoms with Gasteiger partial charge in [-0.25, -0.2) is 4.68 Å². The molecule has 0 aliphatic rings. The number of carbonyl (C=O) groups is 1. The number of aromatic nitrogens is 4. The highest BCUT2D eigenvalue weighted by atomic mass is 16.4. The molecule has 0 spiro atoms. The topological polar surface area (TPSA) is 80.9 Å². The van der Waals surface area contributed by atoms with E-state index in [0.717, 1.165) is 12.8 Å². The zero-order valence-corrected chi connectivity index (χ0v) is 14.8. The fourth-order valence-electron chi connectivity index (χ4n) is 2.87. The molecular weight excluding hydrogens is 291 g/mol.